The molecule has 17 heavy (non-hydrogen) atoms. The van der Waals surface area contributed by atoms with Gasteiger partial charge in [0.2, 0.25) is 0 Å². The Kier molecular flexibility index (Phi) is 3.61. The maximum atomic E-state index is 13.6. The lowest BCUT2D eigenvalue weighted by atomic mass is 9.97. The third-order valence-corrected chi connectivity index (χ3v) is 3.03. The van der Waals surface area contributed by atoms with E-state index in [0.29, 0.717) is 0 Å². The summed E-state index contributed by atoms with van der Waals surface area (Å²) in [4.78, 5) is 11.0. The van der Waals surface area contributed by atoms with E-state index in [1.165, 1.54) is 24.6 Å². The Bertz CT molecular complexity index is 411. The van der Waals surface area contributed by atoms with Gasteiger partial charge in [-0.05, 0) is 37.8 Å². The zero-order valence-electron chi connectivity index (χ0n) is 9.49. The number of aromatic carboxylic acids is 1. The molecule has 0 spiro atoms. The maximum Gasteiger partial charge on any atom is 0.339 e. The Morgan fingerprint density at radius 3 is 2.65 bits per heavy atom. The molecule has 92 valence electrons. The zero-order chi connectivity index (χ0) is 12.3. The highest BCUT2D eigenvalue weighted by molar-refractivity contribution is 5.90. The second-order valence-corrected chi connectivity index (χ2v) is 4.30. The SMILES string of the molecule is O=C(O)c1cccc(F)c1OC1CCCCC1. The van der Waals surface area contributed by atoms with E-state index in [1.807, 2.05) is 0 Å². The Hall–Kier alpha value is -1.58. The molecule has 0 saturated heterocycles. The second kappa shape index (κ2) is 5.17. The molecule has 0 radical (unpaired) electrons. The van der Waals surface area contributed by atoms with Gasteiger partial charge >= 0.3 is 5.97 Å². The summed E-state index contributed by atoms with van der Waals surface area (Å²) in [5, 5.41) is 8.97. The van der Waals surface area contributed by atoms with Gasteiger partial charge in [0.15, 0.2) is 11.6 Å². The number of rotatable bonds is 3. The van der Waals surface area contributed by atoms with Gasteiger partial charge in [0, 0.05) is 0 Å². The van der Waals surface area contributed by atoms with Crippen molar-refractivity contribution in [1.82, 2.24) is 0 Å². The molecule has 3 nitrogen and oxygen atoms in total. The van der Waals surface area contributed by atoms with Gasteiger partial charge < -0.3 is 9.84 Å². The molecule has 2 rings (SSSR count). The first-order chi connectivity index (χ1) is 8.18. The molecule has 1 aliphatic rings. The average molecular weight is 238 g/mol. The molecule has 1 aromatic carbocycles. The van der Waals surface area contributed by atoms with Crippen LogP contribution >= 0.6 is 0 Å². The smallest absolute Gasteiger partial charge is 0.339 e. The molecule has 1 fully saturated rings. The Balaban J connectivity index is 2.21. The highest BCUT2D eigenvalue weighted by Gasteiger charge is 2.21. The molecule has 0 aliphatic heterocycles. The Labute approximate surface area is 99.2 Å². The summed E-state index contributed by atoms with van der Waals surface area (Å²) in [6.45, 7) is 0. The van der Waals surface area contributed by atoms with Crippen LogP contribution in [0.3, 0.4) is 0 Å². The lowest BCUT2D eigenvalue weighted by Crippen LogP contribution is -2.21. The molecule has 1 aliphatic carbocycles. The number of hydrogen-bond donors (Lipinski definition) is 1. The monoisotopic (exact) mass is 238 g/mol. The van der Waals surface area contributed by atoms with Gasteiger partial charge in [0.05, 0.1) is 6.10 Å². The van der Waals surface area contributed by atoms with Crippen molar-refractivity contribution in [2.45, 2.75) is 38.2 Å². The molecule has 4 heteroatoms. The minimum Gasteiger partial charge on any atom is -0.486 e. The topological polar surface area (TPSA) is 46.5 Å². The van der Waals surface area contributed by atoms with Crippen LogP contribution in [0.4, 0.5) is 4.39 Å². The Morgan fingerprint density at radius 2 is 2.00 bits per heavy atom. The van der Waals surface area contributed by atoms with Crippen LogP contribution in [-0.4, -0.2) is 17.2 Å². The molecular weight excluding hydrogens is 223 g/mol. The quantitative estimate of drug-likeness (QED) is 0.879. The largest absolute Gasteiger partial charge is 0.486 e. The minimum atomic E-state index is -1.16. The summed E-state index contributed by atoms with van der Waals surface area (Å²) in [7, 11) is 0. The number of ether oxygens (including phenoxy) is 1. The summed E-state index contributed by atoms with van der Waals surface area (Å²) in [6.07, 6.45) is 4.96. The van der Waals surface area contributed by atoms with E-state index in [4.69, 9.17) is 9.84 Å². The number of halogens is 1. The van der Waals surface area contributed by atoms with Gasteiger partial charge in [-0.3, -0.25) is 0 Å². The highest BCUT2D eigenvalue weighted by Crippen LogP contribution is 2.28. The van der Waals surface area contributed by atoms with Crippen LogP contribution < -0.4 is 4.74 Å². The summed E-state index contributed by atoms with van der Waals surface area (Å²) in [5.41, 5.74) is -0.101. The lowest BCUT2D eigenvalue weighted by molar-refractivity contribution is 0.0683. The van der Waals surface area contributed by atoms with Crippen molar-refractivity contribution in [2.75, 3.05) is 0 Å². The third kappa shape index (κ3) is 2.75. The second-order valence-electron chi connectivity index (χ2n) is 4.30. The fraction of sp³-hybridized carbons (Fsp3) is 0.462. The molecule has 0 heterocycles. The van der Waals surface area contributed by atoms with E-state index in [-0.39, 0.29) is 17.4 Å². The van der Waals surface area contributed by atoms with E-state index in [1.54, 1.807) is 0 Å². The summed E-state index contributed by atoms with van der Waals surface area (Å²) in [6, 6.07) is 3.97. The first kappa shape index (κ1) is 11.9. The predicted molar refractivity (Wildman–Crippen MR) is 60.9 cm³/mol. The van der Waals surface area contributed by atoms with Crippen LogP contribution in [0.5, 0.6) is 5.75 Å². The molecular formula is C13H15FO3. The minimum absolute atomic E-state index is 0.0567. The zero-order valence-corrected chi connectivity index (χ0v) is 9.49. The fourth-order valence-corrected chi connectivity index (χ4v) is 2.15. The van der Waals surface area contributed by atoms with Gasteiger partial charge in [-0.1, -0.05) is 12.5 Å². The lowest BCUT2D eigenvalue weighted by Gasteiger charge is -2.23. The highest BCUT2D eigenvalue weighted by atomic mass is 19.1. The van der Waals surface area contributed by atoms with Gasteiger partial charge in [-0.2, -0.15) is 0 Å². The van der Waals surface area contributed by atoms with Gasteiger partial charge in [-0.15, -0.1) is 0 Å². The molecule has 1 saturated carbocycles. The van der Waals surface area contributed by atoms with Crippen molar-refractivity contribution in [1.29, 1.82) is 0 Å². The third-order valence-electron chi connectivity index (χ3n) is 3.03. The first-order valence-electron chi connectivity index (χ1n) is 5.87. The first-order valence-corrected chi connectivity index (χ1v) is 5.87. The fourth-order valence-electron chi connectivity index (χ4n) is 2.15. The summed E-state index contributed by atoms with van der Waals surface area (Å²) >= 11 is 0. The van der Waals surface area contributed by atoms with Crippen LogP contribution in [0.15, 0.2) is 18.2 Å². The van der Waals surface area contributed by atoms with Crippen LogP contribution in [0.2, 0.25) is 0 Å². The van der Waals surface area contributed by atoms with Gasteiger partial charge in [-0.25, -0.2) is 9.18 Å². The van der Waals surface area contributed by atoms with E-state index in [2.05, 4.69) is 0 Å². The summed E-state index contributed by atoms with van der Waals surface area (Å²) < 4.78 is 19.1. The van der Waals surface area contributed by atoms with E-state index >= 15 is 0 Å². The number of carbonyl (C=O) groups is 1. The van der Waals surface area contributed by atoms with Gasteiger partial charge in [0.25, 0.3) is 0 Å². The number of carboxylic acid groups (broad SMARTS) is 1. The van der Waals surface area contributed by atoms with Crippen LogP contribution in [0, 0.1) is 5.82 Å². The van der Waals surface area contributed by atoms with Crippen molar-refractivity contribution in [3.63, 3.8) is 0 Å². The summed E-state index contributed by atoms with van der Waals surface area (Å²) in [5.74, 6) is -1.88. The van der Waals surface area contributed by atoms with Crippen LogP contribution in [0.1, 0.15) is 42.5 Å². The van der Waals surface area contributed by atoms with Crippen molar-refractivity contribution in [2.24, 2.45) is 0 Å². The van der Waals surface area contributed by atoms with E-state index in [9.17, 15) is 9.18 Å². The van der Waals surface area contributed by atoms with Crippen molar-refractivity contribution in [3.05, 3.63) is 29.6 Å². The van der Waals surface area contributed by atoms with Crippen LogP contribution in [-0.2, 0) is 0 Å². The van der Waals surface area contributed by atoms with Crippen molar-refractivity contribution < 1.29 is 19.0 Å². The average Bonchev–Trinajstić information content (AvgIpc) is 2.33. The van der Waals surface area contributed by atoms with E-state index < -0.39 is 11.8 Å². The predicted octanol–water partition coefficient (Wildman–Crippen LogP) is 3.24. The maximum absolute atomic E-state index is 13.6. The standard InChI is InChI=1S/C13H15FO3/c14-11-8-4-7-10(13(15)16)12(11)17-9-5-2-1-3-6-9/h4,7-9H,1-3,5-6H2,(H,15,16). The van der Waals surface area contributed by atoms with Crippen molar-refractivity contribution >= 4 is 5.97 Å². The molecule has 1 N–H and O–H groups in total. The van der Waals surface area contributed by atoms with Crippen molar-refractivity contribution in [3.8, 4) is 5.75 Å². The van der Waals surface area contributed by atoms with Crippen LogP contribution in [0.25, 0.3) is 0 Å². The molecule has 0 atom stereocenters. The number of benzene rings is 1. The molecule has 0 bridgehead atoms. The molecule has 0 unspecified atom stereocenters. The Morgan fingerprint density at radius 1 is 1.29 bits per heavy atom. The number of hydrogen-bond acceptors (Lipinski definition) is 2. The van der Waals surface area contributed by atoms with Gasteiger partial charge in [0.1, 0.15) is 5.56 Å². The normalized spacial score (nSPS) is 16.8. The molecule has 0 amide bonds. The van der Waals surface area contributed by atoms with E-state index in [0.717, 1.165) is 25.7 Å². The molecule has 1 aromatic rings. The molecule has 0 aromatic heterocycles. The number of carboxylic acids is 1. The number of para-hydroxylation sites is 1.